The second kappa shape index (κ2) is 4.95. The van der Waals surface area contributed by atoms with Crippen molar-refractivity contribution < 1.29 is 13.2 Å². The smallest absolute Gasteiger partial charge is 0.269 e. The van der Waals surface area contributed by atoms with Gasteiger partial charge in [0.1, 0.15) is 0 Å². The first-order valence-corrected chi connectivity index (χ1v) is 6.28. The minimum atomic E-state index is -4.01. The molecule has 0 spiro atoms. The third-order valence-corrected chi connectivity index (χ3v) is 2.13. The lowest BCUT2D eigenvalue weighted by Crippen LogP contribution is -2.24. The molecule has 0 unspecified atom stereocenters. The lowest BCUT2D eigenvalue weighted by Gasteiger charge is -1.94. The summed E-state index contributed by atoms with van der Waals surface area (Å²) in [5, 5.41) is 0. The standard InChI is InChI=1S/C9H8ClNO3S/c10-15(13,14)11-9(12)7-6-8-4-2-1-3-5-8/h1-7H,(H,11,12)/b7-6+. The first kappa shape index (κ1) is 11.7. The molecule has 80 valence electrons. The Morgan fingerprint density at radius 2 is 1.87 bits per heavy atom. The van der Waals surface area contributed by atoms with E-state index in [0.717, 1.165) is 11.6 Å². The molecule has 1 amide bonds. The van der Waals surface area contributed by atoms with Crippen molar-refractivity contribution in [1.29, 1.82) is 0 Å². The van der Waals surface area contributed by atoms with Crippen LogP contribution in [0.5, 0.6) is 0 Å². The van der Waals surface area contributed by atoms with E-state index in [1.165, 1.54) is 6.08 Å². The minimum absolute atomic E-state index is 0.783. The van der Waals surface area contributed by atoms with Crippen LogP contribution >= 0.6 is 10.7 Å². The monoisotopic (exact) mass is 245 g/mol. The van der Waals surface area contributed by atoms with E-state index in [2.05, 4.69) is 0 Å². The maximum Gasteiger partial charge on any atom is 0.321 e. The predicted octanol–water partition coefficient (Wildman–Crippen LogP) is 1.30. The number of hydrogen-bond acceptors (Lipinski definition) is 3. The summed E-state index contributed by atoms with van der Waals surface area (Å²) in [7, 11) is 0.810. The van der Waals surface area contributed by atoms with Crippen LogP contribution in [0.3, 0.4) is 0 Å². The second-order valence-electron chi connectivity index (χ2n) is 2.65. The van der Waals surface area contributed by atoms with E-state index in [9.17, 15) is 13.2 Å². The highest BCUT2D eigenvalue weighted by Gasteiger charge is 2.06. The minimum Gasteiger partial charge on any atom is -0.269 e. The van der Waals surface area contributed by atoms with E-state index < -0.39 is 15.1 Å². The maximum atomic E-state index is 11.0. The molecule has 0 fully saturated rings. The summed E-state index contributed by atoms with van der Waals surface area (Å²) in [6, 6.07) is 8.99. The Hall–Kier alpha value is -1.33. The molecule has 0 aromatic heterocycles. The Kier molecular flexibility index (Phi) is 3.88. The van der Waals surface area contributed by atoms with Gasteiger partial charge in [0.15, 0.2) is 0 Å². The van der Waals surface area contributed by atoms with Gasteiger partial charge in [-0.25, -0.2) is 4.72 Å². The number of amides is 1. The fourth-order valence-corrected chi connectivity index (χ4v) is 1.43. The van der Waals surface area contributed by atoms with Gasteiger partial charge in [-0.3, -0.25) is 4.79 Å². The van der Waals surface area contributed by atoms with Gasteiger partial charge >= 0.3 is 9.24 Å². The number of benzene rings is 1. The summed E-state index contributed by atoms with van der Waals surface area (Å²) < 4.78 is 22.5. The summed E-state index contributed by atoms with van der Waals surface area (Å²) in [5.41, 5.74) is 0.791. The Morgan fingerprint density at radius 1 is 1.27 bits per heavy atom. The van der Waals surface area contributed by atoms with E-state index >= 15 is 0 Å². The van der Waals surface area contributed by atoms with Gasteiger partial charge in [-0.05, 0) is 11.6 Å². The first-order valence-electron chi connectivity index (χ1n) is 3.97. The number of carbonyl (C=O) groups is 1. The molecular weight excluding hydrogens is 238 g/mol. The number of halogens is 1. The van der Waals surface area contributed by atoms with Gasteiger partial charge in [-0.15, -0.1) is 0 Å². The predicted molar refractivity (Wildman–Crippen MR) is 58.4 cm³/mol. The van der Waals surface area contributed by atoms with Crippen molar-refractivity contribution in [2.24, 2.45) is 0 Å². The maximum absolute atomic E-state index is 11.0. The molecule has 1 N–H and O–H groups in total. The molecule has 1 rings (SSSR count). The van der Waals surface area contributed by atoms with Crippen LogP contribution in [-0.4, -0.2) is 14.3 Å². The molecule has 0 heterocycles. The van der Waals surface area contributed by atoms with Gasteiger partial charge in [0.05, 0.1) is 0 Å². The summed E-state index contributed by atoms with van der Waals surface area (Å²) in [4.78, 5) is 11.0. The van der Waals surface area contributed by atoms with E-state index in [1.54, 1.807) is 29.0 Å². The summed E-state index contributed by atoms with van der Waals surface area (Å²) in [6.07, 6.45) is 2.58. The van der Waals surface area contributed by atoms with Gasteiger partial charge in [-0.2, -0.15) is 8.42 Å². The molecule has 1 aromatic carbocycles. The molecule has 6 heteroatoms. The fourth-order valence-electron chi connectivity index (χ4n) is 0.890. The van der Waals surface area contributed by atoms with Crippen LogP contribution in [0, 0.1) is 0 Å². The van der Waals surface area contributed by atoms with Gasteiger partial charge in [-0.1, -0.05) is 30.3 Å². The summed E-state index contributed by atoms with van der Waals surface area (Å²) in [5.74, 6) is -0.783. The molecule has 0 radical (unpaired) electrons. The SMILES string of the molecule is O=C(/C=C/c1ccccc1)NS(=O)(=O)Cl. The van der Waals surface area contributed by atoms with Crippen LogP contribution < -0.4 is 4.72 Å². The van der Waals surface area contributed by atoms with Crippen molar-refractivity contribution in [3.8, 4) is 0 Å². The largest absolute Gasteiger partial charge is 0.321 e. The third-order valence-electron chi connectivity index (χ3n) is 1.45. The van der Waals surface area contributed by atoms with Crippen LogP contribution in [-0.2, 0) is 14.0 Å². The van der Waals surface area contributed by atoms with E-state index in [4.69, 9.17) is 10.7 Å². The lowest BCUT2D eigenvalue weighted by molar-refractivity contribution is -0.114. The molecule has 0 saturated carbocycles. The van der Waals surface area contributed by atoms with Crippen molar-refractivity contribution in [3.05, 3.63) is 42.0 Å². The highest BCUT2D eigenvalue weighted by molar-refractivity contribution is 8.12. The quantitative estimate of drug-likeness (QED) is 0.645. The number of rotatable bonds is 3. The van der Waals surface area contributed by atoms with Crippen LogP contribution in [0.1, 0.15) is 5.56 Å². The average molecular weight is 246 g/mol. The Morgan fingerprint density at radius 3 is 2.40 bits per heavy atom. The van der Waals surface area contributed by atoms with Crippen molar-refractivity contribution in [2.75, 3.05) is 0 Å². The fraction of sp³-hybridized carbons (Fsp3) is 0. The normalized spacial score (nSPS) is 11.5. The number of carbonyl (C=O) groups excluding carboxylic acids is 1. The molecule has 0 aliphatic heterocycles. The Bertz CT molecular complexity index is 467. The zero-order valence-electron chi connectivity index (χ0n) is 7.55. The molecule has 15 heavy (non-hydrogen) atoms. The topological polar surface area (TPSA) is 63.2 Å². The van der Waals surface area contributed by atoms with Crippen molar-refractivity contribution in [2.45, 2.75) is 0 Å². The van der Waals surface area contributed by atoms with Gasteiger partial charge in [0.2, 0.25) is 0 Å². The highest BCUT2D eigenvalue weighted by Crippen LogP contribution is 2.00. The van der Waals surface area contributed by atoms with Crippen LogP contribution in [0.25, 0.3) is 6.08 Å². The highest BCUT2D eigenvalue weighted by atomic mass is 35.7. The molecular formula is C9H8ClNO3S. The summed E-state index contributed by atoms with van der Waals surface area (Å²) in [6.45, 7) is 0. The van der Waals surface area contributed by atoms with Crippen LogP contribution in [0.2, 0.25) is 0 Å². The van der Waals surface area contributed by atoms with Crippen molar-refractivity contribution in [1.82, 2.24) is 4.72 Å². The van der Waals surface area contributed by atoms with E-state index in [0.29, 0.717) is 0 Å². The number of nitrogens with one attached hydrogen (secondary N) is 1. The third kappa shape index (κ3) is 5.19. The zero-order chi connectivity index (χ0) is 11.3. The molecule has 0 bridgehead atoms. The van der Waals surface area contributed by atoms with Crippen LogP contribution in [0.4, 0.5) is 0 Å². The lowest BCUT2D eigenvalue weighted by atomic mass is 10.2. The summed E-state index contributed by atoms with van der Waals surface area (Å²) >= 11 is 0. The average Bonchev–Trinajstić information content (AvgIpc) is 2.14. The van der Waals surface area contributed by atoms with Crippen molar-refractivity contribution >= 4 is 31.9 Å². The van der Waals surface area contributed by atoms with E-state index in [-0.39, 0.29) is 0 Å². The molecule has 0 aliphatic carbocycles. The molecule has 4 nitrogen and oxygen atoms in total. The molecule has 1 aromatic rings. The second-order valence-corrected chi connectivity index (χ2v) is 4.95. The number of hydrogen-bond donors (Lipinski definition) is 1. The van der Waals surface area contributed by atoms with Gasteiger partial charge in [0.25, 0.3) is 5.91 Å². The van der Waals surface area contributed by atoms with Gasteiger partial charge < -0.3 is 0 Å². The van der Waals surface area contributed by atoms with Crippen LogP contribution in [0.15, 0.2) is 36.4 Å². The first-order chi connectivity index (χ1) is 6.97. The van der Waals surface area contributed by atoms with Gasteiger partial charge in [0, 0.05) is 16.8 Å². The molecule has 0 atom stereocenters. The zero-order valence-corrected chi connectivity index (χ0v) is 9.12. The van der Waals surface area contributed by atoms with E-state index in [1.807, 2.05) is 6.07 Å². The van der Waals surface area contributed by atoms with Crippen molar-refractivity contribution in [3.63, 3.8) is 0 Å². The Balaban J connectivity index is 2.64. The molecule has 0 saturated heterocycles. The molecule has 0 aliphatic rings. The Labute approximate surface area is 92.1 Å².